The van der Waals surface area contributed by atoms with Crippen LogP contribution in [0.5, 0.6) is 0 Å². The van der Waals surface area contributed by atoms with E-state index in [1.165, 1.54) is 23.2 Å². The molecule has 0 aliphatic heterocycles. The predicted molar refractivity (Wildman–Crippen MR) is 72.3 cm³/mol. The molecule has 4 rings (SSSR count). The van der Waals surface area contributed by atoms with Crippen molar-refractivity contribution >= 4 is 34.3 Å². The zero-order valence-electron chi connectivity index (χ0n) is 10.2. The molecule has 3 unspecified atom stereocenters. The van der Waals surface area contributed by atoms with E-state index in [-0.39, 0.29) is 0 Å². The monoisotopic (exact) mass is 378 g/mol. The third kappa shape index (κ3) is 1.84. The van der Waals surface area contributed by atoms with Crippen molar-refractivity contribution in [1.82, 2.24) is 0 Å². The normalized spacial score (nSPS) is 53.6. The van der Waals surface area contributed by atoms with E-state index in [2.05, 4.69) is 30.7 Å². The molecular weight excluding hydrogens is 355 g/mol. The van der Waals surface area contributed by atoms with Gasteiger partial charge in [0.1, 0.15) is 0 Å². The number of rotatable bonds is 1. The Morgan fingerprint density at radius 1 is 1.00 bits per heavy atom. The Labute approximate surface area is 107 Å². The van der Waals surface area contributed by atoms with E-state index >= 15 is 0 Å². The summed E-state index contributed by atoms with van der Waals surface area (Å²) < 4.78 is 1.80. The van der Waals surface area contributed by atoms with Gasteiger partial charge in [0.25, 0.3) is 0 Å². The van der Waals surface area contributed by atoms with Crippen LogP contribution >= 0.6 is 15.9 Å². The van der Waals surface area contributed by atoms with Gasteiger partial charge in [0, 0.05) is 0 Å². The minimum absolute atomic E-state index is 0.594. The Morgan fingerprint density at radius 3 is 1.93 bits per heavy atom. The third-order valence-electron chi connectivity index (χ3n) is 5.20. The zero-order valence-corrected chi connectivity index (χ0v) is 14.7. The third-order valence-corrected chi connectivity index (χ3v) is 14.6. The van der Waals surface area contributed by atoms with Gasteiger partial charge in [-0.05, 0) is 0 Å². The van der Waals surface area contributed by atoms with Crippen LogP contribution in [0.1, 0.15) is 32.1 Å². The first kappa shape index (κ1) is 11.4. The number of hydrogen-bond acceptors (Lipinski definition) is 0. The fourth-order valence-corrected chi connectivity index (χ4v) is 16.2. The predicted octanol–water partition coefficient (Wildman–Crippen LogP) is 4.67. The molecule has 0 saturated heterocycles. The summed E-state index contributed by atoms with van der Waals surface area (Å²) in [5.41, 5.74) is 0. The van der Waals surface area contributed by atoms with Crippen LogP contribution in [0.3, 0.4) is 0 Å². The van der Waals surface area contributed by atoms with Crippen LogP contribution in [-0.2, 0) is 0 Å². The van der Waals surface area contributed by atoms with Crippen molar-refractivity contribution in [3.05, 3.63) is 0 Å². The quantitative estimate of drug-likeness (QED) is 0.460. The first-order valence-corrected chi connectivity index (χ1v) is 17.6. The molecule has 0 heterocycles. The molecule has 0 aromatic rings. The van der Waals surface area contributed by atoms with Gasteiger partial charge in [0.2, 0.25) is 0 Å². The summed E-state index contributed by atoms with van der Waals surface area (Å²) >= 11 is 2.42. The molecule has 4 aliphatic carbocycles. The Morgan fingerprint density at radius 2 is 1.53 bits per heavy atom. The first-order chi connectivity index (χ1) is 6.87. The number of alkyl halides is 1. The molecule has 4 bridgehead atoms. The summed E-state index contributed by atoms with van der Waals surface area (Å²) in [5, 5.41) is 0. The van der Waals surface area contributed by atoms with Gasteiger partial charge in [-0.25, -0.2) is 0 Å². The molecule has 2 heteroatoms. The Hall–Kier alpha value is 1.28. The Kier molecular flexibility index (Phi) is 2.58. The van der Waals surface area contributed by atoms with Crippen molar-refractivity contribution in [2.24, 2.45) is 17.8 Å². The Balaban J connectivity index is 1.91. The van der Waals surface area contributed by atoms with Gasteiger partial charge >= 0.3 is 107 Å². The zero-order chi connectivity index (χ0) is 10.8. The molecule has 0 spiro atoms. The van der Waals surface area contributed by atoms with Crippen molar-refractivity contribution in [3.8, 4) is 0 Å². The summed E-state index contributed by atoms with van der Waals surface area (Å²) in [4.78, 5) is 8.01. The van der Waals surface area contributed by atoms with Crippen LogP contribution in [0.25, 0.3) is 0 Å². The molecule has 0 aromatic heterocycles. The molecule has 15 heavy (non-hydrogen) atoms. The average Bonchev–Trinajstić information content (AvgIpc) is 1.94. The van der Waals surface area contributed by atoms with E-state index in [1.807, 2.05) is 0 Å². The molecule has 4 fully saturated rings. The van der Waals surface area contributed by atoms with Gasteiger partial charge in [-0.15, -0.1) is 0 Å². The van der Waals surface area contributed by atoms with Crippen molar-refractivity contribution in [1.29, 1.82) is 0 Å². The van der Waals surface area contributed by atoms with E-state index in [9.17, 15) is 0 Å². The van der Waals surface area contributed by atoms with Crippen molar-refractivity contribution in [2.45, 2.75) is 55.2 Å². The second kappa shape index (κ2) is 3.40. The minimum atomic E-state index is -1.66. The van der Waals surface area contributed by atoms with Crippen LogP contribution in [0.4, 0.5) is 0 Å². The van der Waals surface area contributed by atoms with Gasteiger partial charge in [0.15, 0.2) is 0 Å². The average molecular weight is 378 g/mol. The topological polar surface area (TPSA) is 0 Å². The molecular formula is C13H23BrSn. The first-order valence-electron chi connectivity index (χ1n) is 6.56. The summed E-state index contributed by atoms with van der Waals surface area (Å²) in [5.74, 6) is 3.32. The molecule has 0 radical (unpaired) electrons. The second-order valence-corrected chi connectivity index (χ2v) is 24.6. The van der Waals surface area contributed by atoms with Gasteiger partial charge < -0.3 is 0 Å². The van der Waals surface area contributed by atoms with Crippen LogP contribution < -0.4 is 0 Å². The maximum absolute atomic E-state index is 4.07. The molecule has 0 N–H and O–H groups in total. The molecule has 0 aromatic carbocycles. The molecule has 4 aliphatic rings. The van der Waals surface area contributed by atoms with Crippen LogP contribution in [0.15, 0.2) is 0 Å². The van der Waals surface area contributed by atoms with E-state index in [1.54, 1.807) is 12.8 Å². The van der Waals surface area contributed by atoms with Crippen molar-refractivity contribution < 1.29 is 0 Å². The van der Waals surface area contributed by atoms with Crippen LogP contribution in [-0.4, -0.2) is 22.7 Å². The summed E-state index contributed by atoms with van der Waals surface area (Å²) in [7, 11) is 0. The van der Waals surface area contributed by atoms with Crippen LogP contribution in [0, 0.1) is 17.8 Å². The number of hydrogen-bond donors (Lipinski definition) is 0. The SMILES string of the molecule is [CH3][Sn]([CH3])([CH3])[CH]1[C@@H]2CC3C[C@H]1CC(Br)(C3)C2. The standard InChI is InChI=1S/C10H14Br.3CH3.Sn/c11-10-4-7-1-8(5-10)3-9(2-7)6-10;;;;/h1,7-9H,2-6H2;3*1H3;/t7-,8+,9?,10?;;;;. The summed E-state index contributed by atoms with van der Waals surface area (Å²) in [6, 6.07) is 0. The van der Waals surface area contributed by atoms with Gasteiger partial charge in [-0.3, -0.25) is 0 Å². The maximum atomic E-state index is 4.07. The molecule has 4 saturated carbocycles. The molecule has 0 amide bonds. The van der Waals surface area contributed by atoms with E-state index in [0.29, 0.717) is 4.32 Å². The second-order valence-electron chi connectivity index (χ2n) is 7.51. The summed E-state index contributed by atoms with van der Waals surface area (Å²) in [6.45, 7) is 0. The molecule has 86 valence electrons. The summed E-state index contributed by atoms with van der Waals surface area (Å²) in [6.07, 6.45) is 7.69. The number of halogens is 1. The van der Waals surface area contributed by atoms with Gasteiger partial charge in [-0.1, -0.05) is 0 Å². The molecule has 5 atom stereocenters. The van der Waals surface area contributed by atoms with Crippen LogP contribution in [0.2, 0.25) is 18.8 Å². The van der Waals surface area contributed by atoms with Crippen molar-refractivity contribution in [3.63, 3.8) is 0 Å². The van der Waals surface area contributed by atoms with E-state index < -0.39 is 18.4 Å². The fourth-order valence-electron chi connectivity index (χ4n) is 5.34. The van der Waals surface area contributed by atoms with E-state index in [0.717, 1.165) is 17.8 Å². The van der Waals surface area contributed by atoms with Gasteiger partial charge in [-0.2, -0.15) is 0 Å². The fraction of sp³-hybridized carbons (Fsp3) is 1.00. The Bertz CT molecular complexity index is 265. The van der Waals surface area contributed by atoms with Crippen molar-refractivity contribution in [2.75, 3.05) is 0 Å². The molecule has 0 nitrogen and oxygen atoms in total. The van der Waals surface area contributed by atoms with E-state index in [4.69, 9.17) is 0 Å². The van der Waals surface area contributed by atoms with Gasteiger partial charge in [0.05, 0.1) is 0 Å².